The van der Waals surface area contributed by atoms with E-state index in [1.165, 1.54) is 0 Å². The first-order valence-electron chi connectivity index (χ1n) is 44.9. The Kier molecular flexibility index (Phi) is 24.8. The first kappa shape index (κ1) is 96.6. The summed E-state index contributed by atoms with van der Waals surface area (Å²) >= 11 is 0. The molecule has 3 aromatic heterocycles. The monoisotopic (exact) mass is 1900 g/mol. The van der Waals surface area contributed by atoms with Crippen LogP contribution in [0.4, 0.5) is 35.1 Å². The van der Waals surface area contributed by atoms with Gasteiger partial charge in [0.15, 0.2) is 46.5 Å². The molecule has 8 bridgehead atoms. The smallest absolute Gasteiger partial charge is 0.450 e. The molecule has 0 saturated heterocycles. The Morgan fingerprint density at radius 1 is 0.175 bits per heavy atom. The van der Waals surface area contributed by atoms with Crippen LogP contribution < -0.4 is 47.9 Å². The van der Waals surface area contributed by atoms with E-state index in [1.807, 2.05) is 166 Å². The largest absolute Gasteiger partial charge is 2.00 e. The van der Waals surface area contributed by atoms with Gasteiger partial charge in [-0.3, -0.25) is 0 Å². The minimum absolute atomic E-state index is 0. The predicted molar refractivity (Wildman–Crippen MR) is 515 cm³/mol. The van der Waals surface area contributed by atoms with Crippen LogP contribution in [0.5, 0.6) is 92.0 Å². The number of benzene rings is 12. The van der Waals surface area contributed by atoms with Crippen molar-refractivity contribution in [3.63, 3.8) is 0 Å². The molecule has 0 fully saturated rings. The normalized spacial score (nSPS) is 12.6. The molecule has 0 aliphatic carbocycles. The van der Waals surface area contributed by atoms with Crippen LogP contribution in [0.2, 0.25) is 0 Å². The van der Waals surface area contributed by atoms with Crippen LogP contribution in [0.25, 0.3) is 89.7 Å². The van der Waals surface area contributed by atoms with Gasteiger partial charge in [0.25, 0.3) is 0 Å². The third kappa shape index (κ3) is 18.9. The van der Waals surface area contributed by atoms with Crippen molar-refractivity contribution in [2.75, 3.05) is 0 Å². The molecule has 12 aromatic carbocycles. The number of halogens is 8. The molecule has 2 aliphatic rings. The number of rotatable bonds is 16. The maximum atomic E-state index is 19.7. The predicted octanol–water partition coefficient (Wildman–Crippen LogP) is 32.0. The Labute approximate surface area is 803 Å². The van der Waals surface area contributed by atoms with Crippen LogP contribution in [0.15, 0.2) is 194 Å². The van der Waals surface area contributed by atoms with Crippen LogP contribution in [-0.2, 0) is 62.8 Å². The van der Waals surface area contributed by atoms with Gasteiger partial charge >= 0.3 is 19.5 Å². The Morgan fingerprint density at radius 2 is 0.292 bits per heavy atom. The molecule has 2 aliphatic heterocycles. The average molecular weight is 1910 g/mol. The van der Waals surface area contributed by atoms with E-state index in [2.05, 4.69) is 0 Å². The standard InChI is InChI=1S/C112H104F8N8O8.Zn/c1-105(2,3)57-25-41-65(42-26-57)129-89-81(113)73-74(82(114)90(89)130-66-43-27-58(28-44-66)106(4,5)6)98-121-97(73)125-99-75-76(84(116)92(132-68-47-31-60(32-48-68)108(10,11)12)91(83(75)115)131-67-45-29-59(30-46-67)107(7,8)9)101(122-99)127-103-79-80(88(120)96(136-72-55-39-64(40-56-72)112(22,23)24)95(87(79)119)135-71-53-37-63(38-54-71)111(19,20)21)104(124-103)128-102-78-77(100(123-102)126-98)85(117)93(133-69-49-33-61(34-50-69)109(13,14)15)94(86(78)118)134-70-51-35-62(36-52-70)110(16,17)18;/h25-56H,1-24H3;/q-2;+2. The summed E-state index contributed by atoms with van der Waals surface area (Å²) in [6.45, 7) is 47.6. The van der Waals surface area contributed by atoms with E-state index < -0.39 is 226 Å². The molecule has 0 amide bonds. The summed E-state index contributed by atoms with van der Waals surface area (Å²) in [5.74, 6) is -22.9. The minimum atomic E-state index is -1.46. The van der Waals surface area contributed by atoms with Gasteiger partial charge in [-0.15, -0.1) is 0 Å². The zero-order valence-corrected chi connectivity index (χ0v) is 84.0. The van der Waals surface area contributed by atoms with Gasteiger partial charge in [-0.25, -0.2) is 45.1 Å². The van der Waals surface area contributed by atoms with Gasteiger partial charge in [-0.2, -0.15) is 0 Å². The van der Waals surface area contributed by atoms with Gasteiger partial charge in [0.1, 0.15) is 46.0 Å². The van der Waals surface area contributed by atoms with Crippen molar-refractivity contribution in [2.45, 2.75) is 209 Å². The quantitative estimate of drug-likeness (QED) is 0.0658. The fourth-order valence-electron chi connectivity index (χ4n) is 16.0. The van der Waals surface area contributed by atoms with Crippen molar-refractivity contribution in [1.29, 1.82) is 0 Å². The molecule has 17 rings (SSSR count). The van der Waals surface area contributed by atoms with Crippen molar-refractivity contribution >= 4 is 44.1 Å². The number of fused-ring (bicyclic) bond motifs is 20. The van der Waals surface area contributed by atoms with Crippen LogP contribution in [0.1, 0.15) is 211 Å². The molecule has 25 heteroatoms. The van der Waals surface area contributed by atoms with Gasteiger partial charge in [-0.05, 0) is 185 Å². The van der Waals surface area contributed by atoms with Crippen molar-refractivity contribution < 1.29 is 92.5 Å². The molecule has 137 heavy (non-hydrogen) atoms. The molecule has 16 nitrogen and oxygen atoms in total. The topological polar surface area (TPSA) is 179 Å². The van der Waals surface area contributed by atoms with Crippen molar-refractivity contribution in [2.24, 2.45) is 0 Å². The van der Waals surface area contributed by atoms with Crippen molar-refractivity contribution in [3.05, 3.63) is 285 Å². The van der Waals surface area contributed by atoms with Crippen molar-refractivity contribution in [1.82, 2.24) is 39.9 Å². The summed E-state index contributed by atoms with van der Waals surface area (Å²) in [4.78, 5) is 38.5. The molecule has 0 saturated carbocycles. The molecule has 0 spiro atoms. The molecular formula is C112H104F8N8O8Zn. The molecule has 0 atom stereocenters. The molecule has 698 valence electrons. The van der Waals surface area contributed by atoms with Crippen LogP contribution in [0, 0.1) is 46.5 Å². The Hall–Kier alpha value is -13.5. The van der Waals surface area contributed by atoms with Gasteiger partial charge in [0.05, 0.1) is 45.6 Å². The average Bonchev–Trinajstić information content (AvgIpc) is 1.56. The fourth-order valence-corrected chi connectivity index (χ4v) is 16.0. The second-order valence-corrected chi connectivity index (χ2v) is 42.6. The maximum Gasteiger partial charge on any atom is 2.00 e. The van der Waals surface area contributed by atoms with E-state index in [0.29, 0.717) is 0 Å². The van der Waals surface area contributed by atoms with Crippen molar-refractivity contribution in [3.8, 4) is 138 Å². The second kappa shape index (κ2) is 35.2. The Morgan fingerprint density at radius 3 is 0.409 bits per heavy atom. The molecule has 5 heterocycles. The number of hydrogen-bond acceptors (Lipinski definition) is 14. The summed E-state index contributed by atoms with van der Waals surface area (Å²) < 4.78 is 210. The first-order chi connectivity index (χ1) is 63.7. The Balaban J connectivity index is 0.0000136. The van der Waals surface area contributed by atoms with Gasteiger partial charge < -0.3 is 67.8 Å². The van der Waals surface area contributed by atoms with E-state index in [1.54, 1.807) is 194 Å². The molecule has 0 radical (unpaired) electrons. The number of nitrogens with zero attached hydrogens (tertiary/aromatic N) is 8. The van der Waals surface area contributed by atoms with E-state index in [0.717, 1.165) is 44.5 Å². The zero-order chi connectivity index (χ0) is 97.7. The summed E-state index contributed by atoms with van der Waals surface area (Å²) in [5.41, 5.74) is -3.80. The summed E-state index contributed by atoms with van der Waals surface area (Å²) in [6.07, 6.45) is 0. The van der Waals surface area contributed by atoms with Gasteiger partial charge in [0.2, 0.25) is 46.0 Å². The van der Waals surface area contributed by atoms with E-state index in [4.69, 9.17) is 77.8 Å². The first-order valence-corrected chi connectivity index (χ1v) is 44.9. The number of aromatic nitrogens is 8. The van der Waals surface area contributed by atoms with Gasteiger partial charge in [-0.1, -0.05) is 263 Å². The maximum absolute atomic E-state index is 19.7. The SMILES string of the molecule is CC(C)(C)c1ccc(Oc2c(F)c3c(c(F)c2Oc2ccc(C(C)(C)C)cc2)-c2nc-3nc3[n-]c(nc4nc(nc5[n-]c(n2)c2c(F)c(Oc6ccc(C(C)(C)C)cc6)c(Oc6ccc(C(C)(C)C)cc6)c(F)c52)-c2c(F)c(Oc5ccc(C(C)(C)C)cc5)c(Oc5ccc(C(C)(C)C)cc5)c(F)c2-4)c2c(F)c(Oc4ccc(C(C)(C)C)cc4)c(Oc4ccc(C(C)(C)C)cc4)c(F)c32)cc1.[Zn+2]. The third-order valence-corrected chi connectivity index (χ3v) is 24.2. The third-order valence-electron chi connectivity index (χ3n) is 24.2. The molecular weight excluding hydrogens is 1800 g/mol. The van der Waals surface area contributed by atoms with E-state index in [-0.39, 0.29) is 65.5 Å². The summed E-state index contributed by atoms with van der Waals surface area (Å²) in [5, 5.41) is -3.61. The molecule has 0 N–H and O–H groups in total. The van der Waals surface area contributed by atoms with Crippen LogP contribution in [-0.4, -0.2) is 29.9 Å². The minimum Gasteiger partial charge on any atom is -0.450 e. The second-order valence-electron chi connectivity index (χ2n) is 42.6. The van der Waals surface area contributed by atoms with Gasteiger partial charge in [0, 0.05) is 44.1 Å². The summed E-state index contributed by atoms with van der Waals surface area (Å²) in [6, 6.07) is 52.5. The van der Waals surface area contributed by atoms with Crippen LogP contribution >= 0.6 is 0 Å². The van der Waals surface area contributed by atoms with Crippen LogP contribution in [0.3, 0.4) is 0 Å². The number of ether oxygens (including phenoxy) is 8. The van der Waals surface area contributed by atoms with E-state index in [9.17, 15) is 0 Å². The molecule has 15 aromatic rings. The fraction of sp³-hybridized carbons (Fsp3) is 0.286. The molecule has 0 unspecified atom stereocenters. The van der Waals surface area contributed by atoms with E-state index >= 15 is 35.1 Å². The zero-order valence-electron chi connectivity index (χ0n) is 81.0. The summed E-state index contributed by atoms with van der Waals surface area (Å²) in [7, 11) is 0. The number of hydrogen-bond donors (Lipinski definition) is 0. The Bertz CT molecular complexity index is 6570.